The highest BCUT2D eigenvalue weighted by Gasteiger charge is 2.32. The van der Waals surface area contributed by atoms with E-state index < -0.39 is 11.6 Å². The van der Waals surface area contributed by atoms with E-state index in [2.05, 4.69) is 4.90 Å². The van der Waals surface area contributed by atoms with Crippen LogP contribution in [0.2, 0.25) is 0 Å². The molecule has 1 saturated carbocycles. The Kier molecular flexibility index (Phi) is 9.39. The summed E-state index contributed by atoms with van der Waals surface area (Å²) in [4.78, 5) is 18.2. The van der Waals surface area contributed by atoms with Crippen molar-refractivity contribution >= 4 is 12.0 Å². The van der Waals surface area contributed by atoms with Gasteiger partial charge in [-0.15, -0.1) is 0 Å². The molecule has 6 nitrogen and oxygen atoms in total. The van der Waals surface area contributed by atoms with Crippen molar-refractivity contribution in [2.45, 2.75) is 51.1 Å². The second-order valence-corrected chi connectivity index (χ2v) is 10.6. The lowest BCUT2D eigenvalue weighted by atomic mass is 10.1. The summed E-state index contributed by atoms with van der Waals surface area (Å²) in [7, 11) is 3.10. The first-order chi connectivity index (χ1) is 18.3. The number of benzene rings is 2. The van der Waals surface area contributed by atoms with Crippen molar-refractivity contribution in [3.05, 3.63) is 64.7 Å². The number of carbonyl (C=O) groups excluding carboxylic acids is 1. The van der Waals surface area contributed by atoms with Crippen molar-refractivity contribution < 1.29 is 23.0 Å². The Balaban J connectivity index is 1.57. The predicted octanol–water partition coefficient (Wildman–Crippen LogP) is 5.12. The van der Waals surface area contributed by atoms with Crippen LogP contribution in [0.5, 0.6) is 11.5 Å². The molecular formula is C30H39F2N3O3. The molecule has 2 fully saturated rings. The molecular weight excluding hydrogens is 488 g/mol. The number of carbonyl (C=O) groups is 1. The lowest BCUT2D eigenvalue weighted by molar-refractivity contribution is 0.0714. The van der Waals surface area contributed by atoms with Crippen molar-refractivity contribution in [2.24, 2.45) is 11.7 Å². The van der Waals surface area contributed by atoms with Crippen LogP contribution < -0.4 is 15.2 Å². The SMILES string of the molecule is COc1ccc(C(=O)N(C/C(C)=C/c2ccc(F)cc2F)CC2CCCN2C[C@H]2CC[C@@H](N)C2)cc1OC. The number of hydrogen-bond acceptors (Lipinski definition) is 5. The van der Waals surface area contributed by atoms with Crippen LogP contribution in [-0.2, 0) is 0 Å². The average molecular weight is 528 g/mol. The van der Waals surface area contributed by atoms with Gasteiger partial charge in [0.05, 0.1) is 14.2 Å². The van der Waals surface area contributed by atoms with Crippen molar-refractivity contribution in [3.63, 3.8) is 0 Å². The first kappa shape index (κ1) is 28.0. The molecule has 4 rings (SSSR count). The van der Waals surface area contributed by atoms with Crippen LogP contribution in [0.25, 0.3) is 6.08 Å². The van der Waals surface area contributed by atoms with Gasteiger partial charge in [0, 0.05) is 48.9 Å². The van der Waals surface area contributed by atoms with Gasteiger partial charge < -0.3 is 20.1 Å². The topological polar surface area (TPSA) is 68.0 Å². The summed E-state index contributed by atoms with van der Waals surface area (Å²) in [5.74, 6) is 0.261. The molecule has 0 aromatic heterocycles. The zero-order valence-corrected chi connectivity index (χ0v) is 22.6. The molecule has 0 spiro atoms. The minimum absolute atomic E-state index is 0.131. The van der Waals surface area contributed by atoms with Gasteiger partial charge in [0.25, 0.3) is 5.91 Å². The Labute approximate surface area is 224 Å². The Hall–Kier alpha value is -2.97. The molecule has 206 valence electrons. The molecule has 1 aliphatic heterocycles. The van der Waals surface area contributed by atoms with E-state index in [1.54, 1.807) is 38.5 Å². The zero-order valence-electron chi connectivity index (χ0n) is 22.6. The van der Waals surface area contributed by atoms with E-state index >= 15 is 0 Å². The number of hydrogen-bond donors (Lipinski definition) is 1. The monoisotopic (exact) mass is 527 g/mol. The first-order valence-electron chi connectivity index (χ1n) is 13.4. The van der Waals surface area contributed by atoms with Crippen molar-refractivity contribution in [1.82, 2.24) is 9.80 Å². The number of methoxy groups -OCH3 is 2. The fourth-order valence-corrected chi connectivity index (χ4v) is 5.81. The normalized spacial score (nSPS) is 22.1. The van der Waals surface area contributed by atoms with E-state index in [0.29, 0.717) is 47.7 Å². The van der Waals surface area contributed by atoms with Gasteiger partial charge in [0.15, 0.2) is 11.5 Å². The van der Waals surface area contributed by atoms with Crippen LogP contribution in [0.4, 0.5) is 8.78 Å². The van der Waals surface area contributed by atoms with Gasteiger partial charge in [0.2, 0.25) is 0 Å². The highest BCUT2D eigenvalue weighted by atomic mass is 19.1. The van der Waals surface area contributed by atoms with Gasteiger partial charge in [-0.2, -0.15) is 0 Å². The third-order valence-electron chi connectivity index (χ3n) is 7.73. The highest BCUT2D eigenvalue weighted by molar-refractivity contribution is 5.95. The summed E-state index contributed by atoms with van der Waals surface area (Å²) in [5.41, 5.74) is 7.75. The van der Waals surface area contributed by atoms with Gasteiger partial charge in [0.1, 0.15) is 11.6 Å². The van der Waals surface area contributed by atoms with Crippen LogP contribution in [-0.4, -0.2) is 68.2 Å². The Morgan fingerprint density at radius 3 is 2.58 bits per heavy atom. The number of nitrogens with two attached hydrogens (primary N) is 1. The number of likely N-dealkylation sites (tertiary alicyclic amines) is 1. The molecule has 38 heavy (non-hydrogen) atoms. The lowest BCUT2D eigenvalue weighted by Gasteiger charge is -2.33. The van der Waals surface area contributed by atoms with E-state index in [1.807, 2.05) is 11.8 Å². The average Bonchev–Trinajstić information content (AvgIpc) is 3.52. The molecule has 1 saturated heterocycles. The molecule has 2 N–H and O–H groups in total. The van der Waals surface area contributed by atoms with Crippen LogP contribution in [0.1, 0.15) is 54.9 Å². The molecule has 1 unspecified atom stereocenters. The van der Waals surface area contributed by atoms with Gasteiger partial charge >= 0.3 is 0 Å². The Bertz CT molecular complexity index is 1160. The molecule has 1 amide bonds. The second kappa shape index (κ2) is 12.7. The minimum atomic E-state index is -0.626. The largest absolute Gasteiger partial charge is 0.493 e. The number of ether oxygens (including phenoxy) is 2. The lowest BCUT2D eigenvalue weighted by Crippen LogP contribution is -2.45. The molecule has 2 aromatic carbocycles. The molecule has 2 aliphatic rings. The maximum atomic E-state index is 14.3. The fraction of sp³-hybridized carbons (Fsp3) is 0.500. The standard InChI is InChI=1S/C30H39F2N3O3/c1-20(13-22-7-9-24(31)16-27(22)32)17-35(30(36)23-8-11-28(37-2)29(15-23)38-3)19-26-5-4-12-34(26)18-21-6-10-25(33)14-21/h7-9,11,13,15-16,21,25-26H,4-6,10,12,14,17-19,33H2,1-3H3/b20-13+/t21-,25+,26?/m0/s1. The number of rotatable bonds is 10. The summed E-state index contributed by atoms with van der Waals surface area (Å²) in [5, 5.41) is 0. The van der Waals surface area contributed by atoms with Crippen LogP contribution >= 0.6 is 0 Å². The molecule has 3 atom stereocenters. The summed E-state index contributed by atoms with van der Waals surface area (Å²) < 4.78 is 38.5. The molecule has 1 heterocycles. The summed E-state index contributed by atoms with van der Waals surface area (Å²) >= 11 is 0. The quantitative estimate of drug-likeness (QED) is 0.465. The fourth-order valence-electron chi connectivity index (χ4n) is 5.81. The van der Waals surface area contributed by atoms with Crippen LogP contribution in [0.3, 0.4) is 0 Å². The summed E-state index contributed by atoms with van der Waals surface area (Å²) in [6.45, 7) is 4.77. The molecule has 1 aliphatic carbocycles. The molecule has 2 aromatic rings. The molecule has 0 radical (unpaired) electrons. The number of amides is 1. The molecule has 0 bridgehead atoms. The highest BCUT2D eigenvalue weighted by Crippen LogP contribution is 2.30. The van der Waals surface area contributed by atoms with Gasteiger partial charge in [-0.25, -0.2) is 8.78 Å². The third kappa shape index (κ3) is 6.91. The van der Waals surface area contributed by atoms with Gasteiger partial charge in [-0.3, -0.25) is 9.69 Å². The second-order valence-electron chi connectivity index (χ2n) is 10.6. The Morgan fingerprint density at radius 2 is 1.89 bits per heavy atom. The minimum Gasteiger partial charge on any atom is -0.493 e. The van der Waals surface area contributed by atoms with Crippen molar-refractivity contribution in [3.8, 4) is 11.5 Å². The smallest absolute Gasteiger partial charge is 0.254 e. The maximum absolute atomic E-state index is 14.3. The predicted molar refractivity (Wildman–Crippen MR) is 145 cm³/mol. The van der Waals surface area contributed by atoms with Crippen LogP contribution in [0.15, 0.2) is 42.0 Å². The van der Waals surface area contributed by atoms with Crippen molar-refractivity contribution in [1.29, 1.82) is 0 Å². The zero-order chi connectivity index (χ0) is 27.2. The first-order valence-corrected chi connectivity index (χ1v) is 13.4. The van der Waals surface area contributed by atoms with Crippen molar-refractivity contribution in [2.75, 3.05) is 40.4 Å². The third-order valence-corrected chi connectivity index (χ3v) is 7.73. The summed E-state index contributed by atoms with van der Waals surface area (Å²) in [6, 6.07) is 9.22. The van der Waals surface area contributed by atoms with Gasteiger partial charge in [-0.05, 0) is 81.8 Å². The van der Waals surface area contributed by atoms with Crippen LogP contribution in [0, 0.1) is 17.6 Å². The van der Waals surface area contributed by atoms with E-state index in [9.17, 15) is 13.6 Å². The number of nitrogens with zero attached hydrogens (tertiary/aromatic N) is 2. The van der Waals surface area contributed by atoms with Gasteiger partial charge in [-0.1, -0.05) is 11.6 Å². The van der Waals surface area contributed by atoms with E-state index in [0.717, 1.165) is 56.8 Å². The van der Waals surface area contributed by atoms with E-state index in [1.165, 1.54) is 12.1 Å². The van der Waals surface area contributed by atoms with E-state index in [-0.39, 0.29) is 11.9 Å². The maximum Gasteiger partial charge on any atom is 0.254 e. The summed E-state index contributed by atoms with van der Waals surface area (Å²) in [6.07, 6.45) is 7.08. The molecule has 8 heteroatoms. The number of halogens is 2. The van der Waals surface area contributed by atoms with E-state index in [4.69, 9.17) is 15.2 Å². The Morgan fingerprint density at radius 1 is 1.11 bits per heavy atom.